The minimum absolute atomic E-state index is 0.230. The lowest BCUT2D eigenvalue weighted by atomic mass is 9.88. The summed E-state index contributed by atoms with van der Waals surface area (Å²) in [6, 6.07) is -2.52. The van der Waals surface area contributed by atoms with Crippen LogP contribution < -0.4 is 10.6 Å². The number of carbonyl (C=O) groups excluding carboxylic acids is 2. The fourth-order valence-corrected chi connectivity index (χ4v) is 13.9. The topological polar surface area (TPSA) is 373 Å². The maximum Gasteiger partial charge on any atom is 0.364 e. The van der Waals surface area contributed by atoms with Crippen molar-refractivity contribution in [3.05, 3.63) is 0 Å². The number of carboxylic acid groups (broad SMARTS) is 1. The third kappa shape index (κ3) is 35.7. The van der Waals surface area contributed by atoms with Crippen LogP contribution in [-0.4, -0.2) is 215 Å². The number of nitrogens with one attached hydrogen (secondary N) is 2. The van der Waals surface area contributed by atoms with Crippen LogP contribution >= 0.6 is 0 Å². The van der Waals surface area contributed by atoms with Gasteiger partial charge in [-0.15, -0.1) is 0 Å². The van der Waals surface area contributed by atoms with Gasteiger partial charge in [-0.2, -0.15) is 0 Å². The van der Waals surface area contributed by atoms with E-state index in [1.165, 1.54) is 218 Å². The molecule has 18 unspecified atom stereocenters. The van der Waals surface area contributed by atoms with E-state index in [0.29, 0.717) is 19.3 Å². The number of amides is 2. The van der Waals surface area contributed by atoms with Crippen molar-refractivity contribution >= 4 is 17.8 Å². The van der Waals surface area contributed by atoms with Gasteiger partial charge in [0.25, 0.3) is 5.79 Å². The van der Waals surface area contributed by atoms with Crippen LogP contribution in [0.15, 0.2) is 0 Å². The van der Waals surface area contributed by atoms with Gasteiger partial charge in [-0.1, -0.05) is 284 Å². The fourth-order valence-electron chi connectivity index (χ4n) is 13.9. The molecule has 572 valence electrons. The van der Waals surface area contributed by atoms with Crippen LogP contribution in [0.4, 0.5) is 0 Å². The monoisotopic (exact) mass is 1390 g/mol. The molecule has 97 heavy (non-hydrogen) atoms. The van der Waals surface area contributed by atoms with Gasteiger partial charge < -0.3 is 100 Å². The molecule has 18 atom stereocenters. The van der Waals surface area contributed by atoms with Crippen molar-refractivity contribution in [2.75, 3.05) is 26.4 Å². The van der Waals surface area contributed by atoms with Crippen LogP contribution in [0.3, 0.4) is 0 Å². The predicted molar refractivity (Wildman–Crippen MR) is 371 cm³/mol. The zero-order valence-electron chi connectivity index (χ0n) is 60.2. The van der Waals surface area contributed by atoms with Crippen LogP contribution in [0.1, 0.15) is 316 Å². The molecule has 0 bridgehead atoms. The largest absolute Gasteiger partial charge is 0.477 e. The van der Waals surface area contributed by atoms with Crippen molar-refractivity contribution in [2.24, 2.45) is 0 Å². The normalized spacial score (nSPS) is 27.3. The van der Waals surface area contributed by atoms with Gasteiger partial charge in [0, 0.05) is 19.8 Å². The summed E-state index contributed by atoms with van der Waals surface area (Å²) in [5, 5.41) is 136. The lowest BCUT2D eigenvalue weighted by molar-refractivity contribution is -0.386. The summed E-state index contributed by atoms with van der Waals surface area (Å²) in [5.41, 5.74) is 0. The summed E-state index contributed by atoms with van der Waals surface area (Å²) in [4.78, 5) is 38.7. The van der Waals surface area contributed by atoms with E-state index in [9.17, 15) is 75.7 Å². The standard InChI is InChI=1S/C74H140N2O21/c1-4-6-8-10-12-14-16-18-20-22-24-25-26-27-28-29-30-32-34-36-38-40-42-44-46-48-61(84)76-55(56(81)47-45-43-41-39-37-35-33-31-23-21-19-17-15-13-11-9-7-5-2)53-92-71-66(88)65(87)68(60(52-79)94-71)95-72-67(89)70(64(86)59(51-78)93-72)97-74(73(90)91)49-57(82)62(75-54(3)80)69(96-74)63(85)58(83)50-77/h55-60,62-72,77-79,81-83,85-89H,4-53H2,1-3H3,(H,75,80)(H,76,84)(H,90,91). The molecule has 14 N–H and O–H groups in total. The van der Waals surface area contributed by atoms with Crippen molar-refractivity contribution < 1.29 is 104 Å². The third-order valence-electron chi connectivity index (χ3n) is 20.1. The Hall–Kier alpha value is -2.27. The van der Waals surface area contributed by atoms with E-state index < -0.39 is 148 Å². The lowest BCUT2D eigenvalue weighted by Gasteiger charge is -2.50. The molecule has 3 heterocycles. The molecule has 0 radical (unpaired) electrons. The van der Waals surface area contributed by atoms with Gasteiger partial charge in [0.2, 0.25) is 11.8 Å². The van der Waals surface area contributed by atoms with Crippen LogP contribution in [-0.2, 0) is 42.8 Å². The molecule has 0 aromatic heterocycles. The Balaban J connectivity index is 1.52. The Bertz CT molecular complexity index is 1950. The van der Waals surface area contributed by atoms with Gasteiger partial charge in [0.15, 0.2) is 12.6 Å². The van der Waals surface area contributed by atoms with Gasteiger partial charge in [-0.05, 0) is 12.8 Å². The number of ether oxygens (including phenoxy) is 6. The highest BCUT2D eigenvalue weighted by Crippen LogP contribution is 2.39. The van der Waals surface area contributed by atoms with Crippen LogP contribution in [0.5, 0.6) is 0 Å². The number of unbranched alkanes of at least 4 members (excludes halogenated alkanes) is 41. The average Bonchev–Trinajstić information content (AvgIpc) is 0.757. The lowest BCUT2D eigenvalue weighted by Crippen LogP contribution is -2.70. The Morgan fingerprint density at radius 3 is 1.29 bits per heavy atom. The zero-order valence-corrected chi connectivity index (χ0v) is 60.2. The fraction of sp³-hybridized carbons (Fsp3) is 0.959. The summed E-state index contributed by atoms with van der Waals surface area (Å²) in [6.45, 7) is 2.26. The molecule has 23 nitrogen and oxygen atoms in total. The minimum Gasteiger partial charge on any atom is -0.477 e. The molecule has 0 aromatic rings. The second-order valence-electron chi connectivity index (χ2n) is 28.6. The first-order chi connectivity index (χ1) is 46.9. The first kappa shape index (κ1) is 88.9. The number of hydrogen-bond acceptors (Lipinski definition) is 20. The Labute approximate surface area is 582 Å². The highest BCUT2D eigenvalue weighted by molar-refractivity contribution is 5.77. The molecule has 0 aliphatic carbocycles. The second-order valence-corrected chi connectivity index (χ2v) is 28.6. The molecule has 2 amide bonds. The van der Waals surface area contributed by atoms with E-state index in [0.717, 1.165) is 51.9 Å². The van der Waals surface area contributed by atoms with E-state index in [-0.39, 0.29) is 18.9 Å². The van der Waals surface area contributed by atoms with Gasteiger partial charge in [-0.25, -0.2) is 4.79 Å². The maximum absolute atomic E-state index is 13.5. The van der Waals surface area contributed by atoms with E-state index in [4.69, 9.17) is 28.4 Å². The average molecular weight is 1390 g/mol. The van der Waals surface area contributed by atoms with Crippen LogP contribution in [0.25, 0.3) is 0 Å². The molecular formula is C74H140N2O21. The first-order valence-electron chi connectivity index (χ1n) is 38.9. The summed E-state index contributed by atoms with van der Waals surface area (Å²) >= 11 is 0. The number of aliphatic hydroxyl groups is 11. The van der Waals surface area contributed by atoms with E-state index in [1.807, 2.05) is 0 Å². The van der Waals surface area contributed by atoms with Gasteiger partial charge in [0.05, 0.1) is 50.7 Å². The maximum atomic E-state index is 13.5. The first-order valence-corrected chi connectivity index (χ1v) is 38.9. The smallest absolute Gasteiger partial charge is 0.364 e. The van der Waals surface area contributed by atoms with Gasteiger partial charge >= 0.3 is 5.97 Å². The number of aliphatic carboxylic acids is 1. The van der Waals surface area contributed by atoms with Crippen LogP contribution in [0.2, 0.25) is 0 Å². The minimum atomic E-state index is -3.08. The molecule has 3 rings (SSSR count). The summed E-state index contributed by atoms with van der Waals surface area (Å²) in [7, 11) is 0. The Morgan fingerprint density at radius 2 is 0.897 bits per heavy atom. The van der Waals surface area contributed by atoms with Crippen molar-refractivity contribution in [3.8, 4) is 0 Å². The van der Waals surface area contributed by atoms with E-state index in [2.05, 4.69) is 24.5 Å². The number of aliphatic hydroxyl groups excluding tert-OH is 11. The van der Waals surface area contributed by atoms with E-state index >= 15 is 0 Å². The summed E-state index contributed by atoms with van der Waals surface area (Å²) in [5.74, 6) is -6.09. The molecule has 3 saturated heterocycles. The van der Waals surface area contributed by atoms with Crippen molar-refractivity contribution in [3.63, 3.8) is 0 Å². The number of carbonyl (C=O) groups is 3. The molecule has 3 aliphatic heterocycles. The number of rotatable bonds is 61. The van der Waals surface area contributed by atoms with Gasteiger partial charge in [0.1, 0.15) is 67.1 Å². The molecule has 0 aromatic carbocycles. The summed E-state index contributed by atoms with van der Waals surface area (Å²) in [6.07, 6.45) is 25.2. The zero-order chi connectivity index (χ0) is 71.1. The molecule has 3 fully saturated rings. The van der Waals surface area contributed by atoms with Crippen LogP contribution in [0, 0.1) is 0 Å². The number of hydrogen-bond donors (Lipinski definition) is 14. The molecular weight excluding hydrogens is 1250 g/mol. The van der Waals surface area contributed by atoms with Crippen molar-refractivity contribution in [1.82, 2.24) is 10.6 Å². The highest BCUT2D eigenvalue weighted by Gasteiger charge is 2.60. The second kappa shape index (κ2) is 54.4. The SMILES string of the molecule is CCCCCCCCCCCCCCCCCCCCCCCCCCCC(=O)NC(COC1OC(CO)C(OC2OC(CO)C(O)C(OC3(C(=O)O)CC(O)C(NC(C)=O)C(C(O)C(O)CO)O3)C2O)C(O)C1O)C(O)CCCCCCCCCCCCCCCCCCCC. The van der Waals surface area contributed by atoms with Crippen molar-refractivity contribution in [1.29, 1.82) is 0 Å². The predicted octanol–water partition coefficient (Wildman–Crippen LogP) is 9.24. The highest BCUT2D eigenvalue weighted by atomic mass is 16.8. The Morgan fingerprint density at radius 1 is 0.495 bits per heavy atom. The molecule has 3 aliphatic rings. The third-order valence-corrected chi connectivity index (χ3v) is 20.1. The quantitative estimate of drug-likeness (QED) is 0.0252. The van der Waals surface area contributed by atoms with Gasteiger partial charge in [-0.3, -0.25) is 9.59 Å². The summed E-state index contributed by atoms with van der Waals surface area (Å²) < 4.78 is 34.9. The van der Waals surface area contributed by atoms with Crippen molar-refractivity contribution in [2.45, 2.75) is 426 Å². The molecule has 23 heteroatoms. The Kier molecular flexibility index (Phi) is 49.9. The molecule has 0 saturated carbocycles. The number of carboxylic acids is 1. The van der Waals surface area contributed by atoms with E-state index in [1.54, 1.807) is 0 Å². The molecule has 0 spiro atoms.